The van der Waals surface area contributed by atoms with Gasteiger partial charge < -0.3 is 11.1 Å². The molecule has 1 amide bonds. The zero-order chi connectivity index (χ0) is 13.0. The molecule has 0 aliphatic carbocycles. The zero-order valence-corrected chi connectivity index (χ0v) is 10.3. The third-order valence-electron chi connectivity index (χ3n) is 2.54. The summed E-state index contributed by atoms with van der Waals surface area (Å²) in [6.07, 6.45) is 2.26. The molecular weight excluding hydrogens is 228 g/mol. The van der Waals surface area contributed by atoms with E-state index in [0.29, 0.717) is 18.7 Å². The van der Waals surface area contributed by atoms with E-state index in [1.807, 2.05) is 19.2 Å². The van der Waals surface area contributed by atoms with Crippen molar-refractivity contribution in [3.63, 3.8) is 0 Å². The SMILES string of the molecule is Cc1ccn(CCC(=O)Nc2ccc(N)cc2)n1. The van der Waals surface area contributed by atoms with Crippen molar-refractivity contribution in [3.8, 4) is 0 Å². The number of rotatable bonds is 4. The molecule has 1 aromatic carbocycles. The van der Waals surface area contributed by atoms with E-state index in [0.717, 1.165) is 11.4 Å². The van der Waals surface area contributed by atoms with E-state index in [2.05, 4.69) is 10.4 Å². The Morgan fingerprint density at radius 3 is 2.67 bits per heavy atom. The number of anilines is 2. The van der Waals surface area contributed by atoms with Crippen LogP contribution in [0.4, 0.5) is 11.4 Å². The molecular formula is C13H16N4O. The van der Waals surface area contributed by atoms with Crippen LogP contribution < -0.4 is 11.1 Å². The number of nitrogens with two attached hydrogens (primary N) is 1. The van der Waals surface area contributed by atoms with Crippen molar-refractivity contribution >= 4 is 17.3 Å². The molecule has 3 N–H and O–H groups in total. The highest BCUT2D eigenvalue weighted by Gasteiger charge is 2.03. The predicted molar refractivity (Wildman–Crippen MR) is 71.1 cm³/mol. The highest BCUT2D eigenvalue weighted by atomic mass is 16.1. The highest BCUT2D eigenvalue weighted by Crippen LogP contribution is 2.10. The molecule has 0 spiro atoms. The molecule has 1 heterocycles. The molecule has 94 valence electrons. The van der Waals surface area contributed by atoms with Gasteiger partial charge in [0.1, 0.15) is 0 Å². The van der Waals surface area contributed by atoms with Crippen LogP contribution in [0.2, 0.25) is 0 Å². The van der Waals surface area contributed by atoms with E-state index in [4.69, 9.17) is 5.73 Å². The number of hydrogen-bond donors (Lipinski definition) is 2. The molecule has 0 atom stereocenters. The number of carbonyl (C=O) groups is 1. The summed E-state index contributed by atoms with van der Waals surface area (Å²) in [7, 11) is 0. The second-order valence-electron chi connectivity index (χ2n) is 4.14. The summed E-state index contributed by atoms with van der Waals surface area (Å²) < 4.78 is 1.76. The van der Waals surface area contributed by atoms with Crippen LogP contribution in [0.5, 0.6) is 0 Å². The van der Waals surface area contributed by atoms with Gasteiger partial charge in [-0.25, -0.2) is 0 Å². The van der Waals surface area contributed by atoms with Crippen LogP contribution in [-0.2, 0) is 11.3 Å². The van der Waals surface area contributed by atoms with Gasteiger partial charge in [-0.3, -0.25) is 9.48 Å². The average Bonchev–Trinajstić information content (AvgIpc) is 2.76. The molecule has 0 fully saturated rings. The van der Waals surface area contributed by atoms with Gasteiger partial charge in [0.2, 0.25) is 5.91 Å². The van der Waals surface area contributed by atoms with E-state index in [9.17, 15) is 4.79 Å². The Morgan fingerprint density at radius 1 is 1.33 bits per heavy atom. The topological polar surface area (TPSA) is 72.9 Å². The lowest BCUT2D eigenvalue weighted by Crippen LogP contribution is -2.14. The Balaban J connectivity index is 1.83. The van der Waals surface area contributed by atoms with Gasteiger partial charge in [-0.2, -0.15) is 5.10 Å². The number of nitrogens with zero attached hydrogens (tertiary/aromatic N) is 2. The first kappa shape index (κ1) is 12.2. The molecule has 5 nitrogen and oxygen atoms in total. The van der Waals surface area contributed by atoms with E-state index in [1.54, 1.807) is 28.9 Å². The molecule has 0 aliphatic heterocycles. The number of amides is 1. The number of aromatic nitrogens is 2. The minimum atomic E-state index is -0.0343. The fourth-order valence-electron chi connectivity index (χ4n) is 1.59. The van der Waals surface area contributed by atoms with E-state index in [-0.39, 0.29) is 5.91 Å². The van der Waals surface area contributed by atoms with Crippen molar-refractivity contribution < 1.29 is 4.79 Å². The van der Waals surface area contributed by atoms with Crippen LogP contribution in [0.25, 0.3) is 0 Å². The van der Waals surface area contributed by atoms with Gasteiger partial charge in [0.25, 0.3) is 0 Å². The van der Waals surface area contributed by atoms with Crippen molar-refractivity contribution in [1.29, 1.82) is 0 Å². The van der Waals surface area contributed by atoms with Crippen molar-refractivity contribution in [2.75, 3.05) is 11.1 Å². The molecule has 0 aliphatic rings. The molecule has 1 aromatic heterocycles. The van der Waals surface area contributed by atoms with E-state index < -0.39 is 0 Å². The van der Waals surface area contributed by atoms with Gasteiger partial charge >= 0.3 is 0 Å². The second-order valence-corrected chi connectivity index (χ2v) is 4.14. The maximum absolute atomic E-state index is 11.7. The lowest BCUT2D eigenvalue weighted by Gasteiger charge is -2.05. The number of aryl methyl sites for hydroxylation is 2. The molecule has 0 radical (unpaired) electrons. The van der Waals surface area contributed by atoms with Crippen LogP contribution in [0.3, 0.4) is 0 Å². The molecule has 2 aromatic rings. The smallest absolute Gasteiger partial charge is 0.226 e. The van der Waals surface area contributed by atoms with Crippen LogP contribution in [0.15, 0.2) is 36.5 Å². The Hall–Kier alpha value is -2.30. The molecule has 0 saturated carbocycles. The summed E-state index contributed by atoms with van der Waals surface area (Å²) in [5, 5.41) is 7.03. The highest BCUT2D eigenvalue weighted by molar-refractivity contribution is 5.90. The number of benzene rings is 1. The largest absolute Gasteiger partial charge is 0.399 e. The van der Waals surface area contributed by atoms with Crippen LogP contribution in [-0.4, -0.2) is 15.7 Å². The number of carbonyl (C=O) groups excluding carboxylic acids is 1. The van der Waals surface area contributed by atoms with Gasteiger partial charge in [0, 0.05) is 30.5 Å². The molecule has 2 rings (SSSR count). The minimum absolute atomic E-state index is 0.0343. The minimum Gasteiger partial charge on any atom is -0.399 e. The summed E-state index contributed by atoms with van der Waals surface area (Å²) in [4.78, 5) is 11.7. The number of hydrogen-bond acceptors (Lipinski definition) is 3. The molecule has 0 unspecified atom stereocenters. The van der Waals surface area contributed by atoms with Crippen molar-refractivity contribution in [1.82, 2.24) is 9.78 Å². The predicted octanol–water partition coefficient (Wildman–Crippen LogP) is 1.80. The zero-order valence-electron chi connectivity index (χ0n) is 10.3. The normalized spacial score (nSPS) is 10.3. The van der Waals surface area contributed by atoms with Crippen LogP contribution >= 0.6 is 0 Å². The van der Waals surface area contributed by atoms with Crippen LogP contribution in [0, 0.1) is 6.92 Å². The standard InChI is InChI=1S/C13H16N4O/c1-10-6-8-17(16-10)9-7-13(18)15-12-4-2-11(14)3-5-12/h2-6,8H,7,9,14H2,1H3,(H,15,18). The quantitative estimate of drug-likeness (QED) is 0.805. The monoisotopic (exact) mass is 244 g/mol. The van der Waals surface area contributed by atoms with Gasteiger partial charge in [-0.15, -0.1) is 0 Å². The second kappa shape index (κ2) is 5.35. The Labute approximate surface area is 106 Å². The van der Waals surface area contributed by atoms with Gasteiger partial charge in [0.05, 0.1) is 5.69 Å². The van der Waals surface area contributed by atoms with Gasteiger partial charge in [-0.05, 0) is 37.3 Å². The van der Waals surface area contributed by atoms with Crippen molar-refractivity contribution in [3.05, 3.63) is 42.2 Å². The third-order valence-corrected chi connectivity index (χ3v) is 2.54. The fraction of sp³-hybridized carbons (Fsp3) is 0.231. The lowest BCUT2D eigenvalue weighted by molar-refractivity contribution is -0.116. The maximum atomic E-state index is 11.7. The van der Waals surface area contributed by atoms with E-state index in [1.165, 1.54) is 0 Å². The van der Waals surface area contributed by atoms with Gasteiger partial charge in [0.15, 0.2) is 0 Å². The molecule has 0 saturated heterocycles. The maximum Gasteiger partial charge on any atom is 0.226 e. The van der Waals surface area contributed by atoms with Gasteiger partial charge in [-0.1, -0.05) is 0 Å². The first-order chi connectivity index (χ1) is 8.63. The van der Waals surface area contributed by atoms with Crippen LogP contribution in [0.1, 0.15) is 12.1 Å². The Kier molecular flexibility index (Phi) is 3.62. The lowest BCUT2D eigenvalue weighted by atomic mass is 10.3. The summed E-state index contributed by atoms with van der Waals surface area (Å²) >= 11 is 0. The first-order valence-corrected chi connectivity index (χ1v) is 5.79. The summed E-state index contributed by atoms with van der Waals surface area (Å²) in [6, 6.07) is 8.99. The van der Waals surface area contributed by atoms with Crippen molar-refractivity contribution in [2.45, 2.75) is 19.9 Å². The molecule has 18 heavy (non-hydrogen) atoms. The van der Waals surface area contributed by atoms with E-state index >= 15 is 0 Å². The summed E-state index contributed by atoms with van der Waals surface area (Å²) in [5.74, 6) is -0.0343. The average molecular weight is 244 g/mol. The molecule has 0 bridgehead atoms. The first-order valence-electron chi connectivity index (χ1n) is 5.79. The number of nitrogen functional groups attached to an aromatic ring is 1. The van der Waals surface area contributed by atoms with Crippen molar-refractivity contribution in [2.24, 2.45) is 0 Å². The summed E-state index contributed by atoms with van der Waals surface area (Å²) in [6.45, 7) is 2.50. The summed E-state index contributed by atoms with van der Waals surface area (Å²) in [5.41, 5.74) is 7.96. The Morgan fingerprint density at radius 2 is 2.06 bits per heavy atom. The number of nitrogens with one attached hydrogen (secondary N) is 1. The Bertz CT molecular complexity index is 530. The molecule has 5 heteroatoms. The fourth-order valence-corrected chi connectivity index (χ4v) is 1.59. The third kappa shape index (κ3) is 3.35.